The van der Waals surface area contributed by atoms with E-state index < -0.39 is 0 Å². The molecular formula is C13H24O2. The first-order valence-electron chi connectivity index (χ1n) is 6.46. The Morgan fingerprint density at radius 2 is 1.27 bits per heavy atom. The molecule has 88 valence electrons. The fraction of sp³-hybridized carbons (Fsp3) is 1.00. The minimum atomic E-state index is -0.0780. The molecule has 2 aliphatic rings. The van der Waals surface area contributed by atoms with Gasteiger partial charge in [-0.25, -0.2) is 0 Å². The van der Waals surface area contributed by atoms with Crippen LogP contribution in [0.3, 0.4) is 0 Å². The highest BCUT2D eigenvalue weighted by molar-refractivity contribution is 5.05. The minimum absolute atomic E-state index is 0.0780. The zero-order valence-electron chi connectivity index (χ0n) is 9.95. The van der Waals surface area contributed by atoms with Crippen LogP contribution in [-0.4, -0.2) is 22.4 Å². The standard InChI is InChI=1S/C13H24O2/c1-3-11(14)9-5-13(6-9)7-10(8-13)12(15)4-2/h9-12,14-15H,3-8H2,1-2H3. The van der Waals surface area contributed by atoms with Crippen LogP contribution in [0, 0.1) is 17.3 Å². The second kappa shape index (κ2) is 4.06. The van der Waals surface area contributed by atoms with Crippen LogP contribution in [0.2, 0.25) is 0 Å². The molecule has 0 heterocycles. The summed E-state index contributed by atoms with van der Waals surface area (Å²) in [6, 6.07) is 0. The Balaban J connectivity index is 1.73. The smallest absolute Gasteiger partial charge is 0.0566 e. The Morgan fingerprint density at radius 1 is 0.933 bits per heavy atom. The summed E-state index contributed by atoms with van der Waals surface area (Å²) in [4.78, 5) is 0. The molecule has 0 bridgehead atoms. The molecular weight excluding hydrogens is 188 g/mol. The fourth-order valence-corrected chi connectivity index (χ4v) is 3.65. The Hall–Kier alpha value is -0.0800. The molecule has 2 fully saturated rings. The van der Waals surface area contributed by atoms with Crippen LogP contribution >= 0.6 is 0 Å². The van der Waals surface area contributed by atoms with Gasteiger partial charge in [-0.15, -0.1) is 0 Å². The second-order valence-electron chi connectivity index (χ2n) is 5.79. The average molecular weight is 212 g/mol. The van der Waals surface area contributed by atoms with Gasteiger partial charge in [-0.2, -0.15) is 0 Å². The van der Waals surface area contributed by atoms with Crippen molar-refractivity contribution in [2.24, 2.45) is 17.3 Å². The maximum atomic E-state index is 9.70. The van der Waals surface area contributed by atoms with E-state index in [1.807, 2.05) is 0 Å². The van der Waals surface area contributed by atoms with Crippen molar-refractivity contribution in [1.29, 1.82) is 0 Å². The van der Waals surface area contributed by atoms with Gasteiger partial charge in [0.05, 0.1) is 12.2 Å². The SMILES string of the molecule is CCC(O)C1CC2(C1)CC(C(O)CC)C2. The van der Waals surface area contributed by atoms with E-state index >= 15 is 0 Å². The predicted molar refractivity (Wildman–Crippen MR) is 60.5 cm³/mol. The van der Waals surface area contributed by atoms with Crippen LogP contribution in [0.5, 0.6) is 0 Å². The van der Waals surface area contributed by atoms with Gasteiger partial charge in [-0.3, -0.25) is 0 Å². The lowest BCUT2D eigenvalue weighted by atomic mass is 9.46. The monoisotopic (exact) mass is 212 g/mol. The molecule has 0 amide bonds. The number of aliphatic hydroxyl groups excluding tert-OH is 2. The first kappa shape index (κ1) is 11.4. The first-order chi connectivity index (χ1) is 7.10. The molecule has 0 aromatic heterocycles. The Labute approximate surface area is 92.7 Å². The molecule has 15 heavy (non-hydrogen) atoms. The summed E-state index contributed by atoms with van der Waals surface area (Å²) in [5, 5.41) is 19.4. The Morgan fingerprint density at radius 3 is 1.53 bits per heavy atom. The molecule has 0 radical (unpaired) electrons. The van der Waals surface area contributed by atoms with Gasteiger partial charge in [-0.1, -0.05) is 13.8 Å². The third-order valence-electron chi connectivity index (χ3n) is 4.71. The zero-order chi connectivity index (χ0) is 11.1. The molecule has 2 atom stereocenters. The third-order valence-corrected chi connectivity index (χ3v) is 4.71. The van der Waals surface area contributed by atoms with Crippen molar-refractivity contribution in [3.05, 3.63) is 0 Å². The molecule has 2 aliphatic carbocycles. The Bertz CT molecular complexity index is 187. The van der Waals surface area contributed by atoms with E-state index in [-0.39, 0.29) is 12.2 Å². The van der Waals surface area contributed by atoms with Gasteiger partial charge in [0, 0.05) is 0 Å². The third kappa shape index (κ3) is 1.94. The second-order valence-corrected chi connectivity index (χ2v) is 5.79. The summed E-state index contributed by atoms with van der Waals surface area (Å²) in [7, 11) is 0. The lowest BCUT2D eigenvalue weighted by molar-refractivity contribution is -0.135. The molecule has 2 unspecified atom stereocenters. The van der Waals surface area contributed by atoms with Crippen LogP contribution < -0.4 is 0 Å². The van der Waals surface area contributed by atoms with Crippen molar-refractivity contribution in [1.82, 2.24) is 0 Å². The zero-order valence-corrected chi connectivity index (χ0v) is 9.95. The molecule has 0 aromatic carbocycles. The molecule has 2 nitrogen and oxygen atoms in total. The van der Waals surface area contributed by atoms with E-state index in [0.717, 1.165) is 12.8 Å². The van der Waals surface area contributed by atoms with Gasteiger partial charge in [0.15, 0.2) is 0 Å². The van der Waals surface area contributed by atoms with Crippen LogP contribution in [0.25, 0.3) is 0 Å². The molecule has 2 saturated carbocycles. The van der Waals surface area contributed by atoms with Crippen LogP contribution in [0.1, 0.15) is 52.4 Å². The highest BCUT2D eigenvalue weighted by Gasteiger charge is 2.54. The van der Waals surface area contributed by atoms with Crippen LogP contribution in [0.4, 0.5) is 0 Å². The molecule has 2 heteroatoms. The van der Waals surface area contributed by atoms with Crippen molar-refractivity contribution in [2.45, 2.75) is 64.6 Å². The van der Waals surface area contributed by atoms with Gasteiger partial charge in [-0.05, 0) is 55.8 Å². The van der Waals surface area contributed by atoms with Crippen molar-refractivity contribution in [3.8, 4) is 0 Å². The Kier molecular flexibility index (Phi) is 3.09. The van der Waals surface area contributed by atoms with Gasteiger partial charge in [0.25, 0.3) is 0 Å². The number of hydrogen-bond donors (Lipinski definition) is 2. The number of aliphatic hydroxyl groups is 2. The molecule has 0 aliphatic heterocycles. The lowest BCUT2D eigenvalue weighted by Crippen LogP contribution is -2.53. The maximum absolute atomic E-state index is 9.70. The largest absolute Gasteiger partial charge is 0.393 e. The summed E-state index contributed by atoms with van der Waals surface area (Å²) in [6.07, 6.45) is 6.44. The van der Waals surface area contributed by atoms with E-state index in [2.05, 4.69) is 13.8 Å². The number of hydrogen-bond acceptors (Lipinski definition) is 2. The molecule has 0 aromatic rings. The van der Waals surface area contributed by atoms with Crippen LogP contribution in [0.15, 0.2) is 0 Å². The average Bonchev–Trinajstić information content (AvgIpc) is 2.12. The van der Waals surface area contributed by atoms with Gasteiger partial charge < -0.3 is 10.2 Å². The normalized spacial score (nSPS) is 43.2. The molecule has 1 spiro atoms. The number of rotatable bonds is 4. The lowest BCUT2D eigenvalue weighted by Gasteiger charge is -2.59. The fourth-order valence-electron chi connectivity index (χ4n) is 3.65. The van der Waals surface area contributed by atoms with Crippen molar-refractivity contribution in [3.63, 3.8) is 0 Å². The van der Waals surface area contributed by atoms with E-state index in [0.29, 0.717) is 17.3 Å². The topological polar surface area (TPSA) is 40.5 Å². The summed E-state index contributed by atoms with van der Waals surface area (Å²) < 4.78 is 0. The van der Waals surface area contributed by atoms with E-state index in [9.17, 15) is 10.2 Å². The quantitative estimate of drug-likeness (QED) is 0.751. The minimum Gasteiger partial charge on any atom is -0.393 e. The summed E-state index contributed by atoms with van der Waals surface area (Å²) in [5.74, 6) is 1.10. The van der Waals surface area contributed by atoms with Gasteiger partial charge in [0.1, 0.15) is 0 Å². The molecule has 2 N–H and O–H groups in total. The molecule has 2 rings (SSSR count). The van der Waals surface area contributed by atoms with E-state index in [4.69, 9.17) is 0 Å². The van der Waals surface area contributed by atoms with Crippen LogP contribution in [-0.2, 0) is 0 Å². The van der Waals surface area contributed by atoms with Crippen molar-refractivity contribution in [2.75, 3.05) is 0 Å². The highest BCUT2D eigenvalue weighted by Crippen LogP contribution is 2.62. The molecule has 0 saturated heterocycles. The predicted octanol–water partition coefficient (Wildman–Crippen LogP) is 2.33. The maximum Gasteiger partial charge on any atom is 0.0566 e. The summed E-state index contributed by atoms with van der Waals surface area (Å²) >= 11 is 0. The van der Waals surface area contributed by atoms with Gasteiger partial charge >= 0.3 is 0 Å². The summed E-state index contributed by atoms with van der Waals surface area (Å²) in [6.45, 7) is 4.11. The van der Waals surface area contributed by atoms with Crippen molar-refractivity contribution >= 4 is 0 Å². The van der Waals surface area contributed by atoms with Gasteiger partial charge in [0.2, 0.25) is 0 Å². The van der Waals surface area contributed by atoms with E-state index in [1.165, 1.54) is 25.7 Å². The van der Waals surface area contributed by atoms with E-state index in [1.54, 1.807) is 0 Å². The summed E-state index contributed by atoms with van der Waals surface area (Å²) in [5.41, 5.74) is 0.529. The van der Waals surface area contributed by atoms with Crippen molar-refractivity contribution < 1.29 is 10.2 Å². The first-order valence-corrected chi connectivity index (χ1v) is 6.46. The highest BCUT2D eigenvalue weighted by atomic mass is 16.3.